The summed E-state index contributed by atoms with van der Waals surface area (Å²) in [6.07, 6.45) is 1.21. The molecule has 0 saturated heterocycles. The summed E-state index contributed by atoms with van der Waals surface area (Å²) in [5.41, 5.74) is 2.80. The molecule has 0 amide bonds. The standard InChI is InChI=1S/C16H17N3O3S2/c1-11-9-23-16-18-13(7-15(20)19(11)16)8-17-14-6-4-3-5-12(14)10-24(2,21)22/h3-7,9,17H,8,10H2,1-2H3. The van der Waals surface area contributed by atoms with Gasteiger partial charge < -0.3 is 5.32 Å². The van der Waals surface area contributed by atoms with Gasteiger partial charge in [-0.2, -0.15) is 0 Å². The number of rotatable bonds is 5. The fraction of sp³-hybridized carbons (Fsp3) is 0.250. The maximum Gasteiger partial charge on any atom is 0.259 e. The van der Waals surface area contributed by atoms with E-state index in [0.29, 0.717) is 22.8 Å². The van der Waals surface area contributed by atoms with E-state index in [9.17, 15) is 13.2 Å². The van der Waals surface area contributed by atoms with Crippen molar-refractivity contribution in [1.82, 2.24) is 9.38 Å². The van der Waals surface area contributed by atoms with E-state index >= 15 is 0 Å². The van der Waals surface area contributed by atoms with Crippen molar-refractivity contribution in [1.29, 1.82) is 0 Å². The summed E-state index contributed by atoms with van der Waals surface area (Å²) in [6.45, 7) is 2.22. The lowest BCUT2D eigenvalue weighted by molar-refractivity contribution is 0.601. The van der Waals surface area contributed by atoms with Crippen LogP contribution in [0.15, 0.2) is 40.5 Å². The molecule has 0 bridgehead atoms. The highest BCUT2D eigenvalue weighted by atomic mass is 32.2. The molecule has 0 atom stereocenters. The first-order valence-corrected chi connectivity index (χ1v) is 10.2. The maximum absolute atomic E-state index is 12.2. The van der Waals surface area contributed by atoms with Crippen molar-refractivity contribution < 1.29 is 8.42 Å². The molecule has 2 aromatic heterocycles. The second kappa shape index (κ2) is 6.37. The van der Waals surface area contributed by atoms with Crippen LogP contribution in [0.1, 0.15) is 17.0 Å². The number of thiazole rings is 1. The summed E-state index contributed by atoms with van der Waals surface area (Å²) in [7, 11) is -3.12. The van der Waals surface area contributed by atoms with E-state index in [2.05, 4.69) is 10.3 Å². The molecule has 0 aliphatic rings. The van der Waals surface area contributed by atoms with Crippen LogP contribution in [0.25, 0.3) is 4.96 Å². The molecule has 1 N–H and O–H groups in total. The average Bonchev–Trinajstić information content (AvgIpc) is 2.86. The Hall–Kier alpha value is -2.19. The highest BCUT2D eigenvalue weighted by Crippen LogP contribution is 2.18. The average molecular weight is 363 g/mol. The molecule has 1 aromatic carbocycles. The monoisotopic (exact) mass is 363 g/mol. The second-order valence-corrected chi connectivity index (χ2v) is 8.64. The Morgan fingerprint density at radius 3 is 2.79 bits per heavy atom. The maximum atomic E-state index is 12.2. The molecule has 8 heteroatoms. The molecule has 0 aliphatic heterocycles. The lowest BCUT2D eigenvalue weighted by Crippen LogP contribution is -2.16. The lowest BCUT2D eigenvalue weighted by Gasteiger charge is -2.11. The van der Waals surface area contributed by atoms with Gasteiger partial charge in [0.05, 0.1) is 18.0 Å². The van der Waals surface area contributed by atoms with E-state index < -0.39 is 9.84 Å². The summed E-state index contributed by atoms with van der Waals surface area (Å²) in [4.78, 5) is 17.3. The normalized spacial score (nSPS) is 11.8. The summed E-state index contributed by atoms with van der Waals surface area (Å²) < 4.78 is 24.7. The Kier molecular flexibility index (Phi) is 4.42. The minimum atomic E-state index is -3.12. The molecular weight excluding hydrogens is 346 g/mol. The molecule has 24 heavy (non-hydrogen) atoms. The number of nitrogens with one attached hydrogen (secondary N) is 1. The Morgan fingerprint density at radius 1 is 1.29 bits per heavy atom. The molecule has 3 rings (SSSR count). The summed E-state index contributed by atoms with van der Waals surface area (Å²) in [6, 6.07) is 8.73. The Balaban J connectivity index is 1.85. The minimum Gasteiger partial charge on any atom is -0.379 e. The van der Waals surface area contributed by atoms with Crippen molar-refractivity contribution in [3.63, 3.8) is 0 Å². The molecular formula is C16H17N3O3S2. The van der Waals surface area contributed by atoms with Gasteiger partial charge in [-0.05, 0) is 18.6 Å². The van der Waals surface area contributed by atoms with E-state index in [4.69, 9.17) is 0 Å². The van der Waals surface area contributed by atoms with Crippen molar-refractivity contribution in [2.24, 2.45) is 0 Å². The first-order chi connectivity index (χ1) is 11.3. The van der Waals surface area contributed by atoms with E-state index in [1.165, 1.54) is 23.7 Å². The van der Waals surface area contributed by atoms with Gasteiger partial charge in [-0.1, -0.05) is 18.2 Å². The largest absolute Gasteiger partial charge is 0.379 e. The third-order valence-electron chi connectivity index (χ3n) is 3.52. The zero-order valence-corrected chi connectivity index (χ0v) is 14.9. The van der Waals surface area contributed by atoms with E-state index in [1.54, 1.807) is 16.5 Å². The van der Waals surface area contributed by atoms with Crippen molar-refractivity contribution in [3.8, 4) is 0 Å². The second-order valence-electron chi connectivity index (χ2n) is 5.66. The van der Waals surface area contributed by atoms with E-state index in [-0.39, 0.29) is 11.3 Å². The van der Waals surface area contributed by atoms with Gasteiger partial charge in [0, 0.05) is 29.1 Å². The number of nitrogens with zero attached hydrogens (tertiary/aromatic N) is 2. The summed E-state index contributed by atoms with van der Waals surface area (Å²) >= 11 is 1.42. The molecule has 0 aliphatic carbocycles. The van der Waals surface area contributed by atoms with Gasteiger partial charge in [0.1, 0.15) is 0 Å². The molecule has 2 heterocycles. The molecule has 0 spiro atoms. The number of aryl methyl sites for hydroxylation is 1. The topological polar surface area (TPSA) is 80.5 Å². The van der Waals surface area contributed by atoms with Gasteiger partial charge in [0.15, 0.2) is 14.8 Å². The number of sulfone groups is 1. The molecule has 3 aromatic rings. The number of hydrogen-bond donors (Lipinski definition) is 1. The highest BCUT2D eigenvalue weighted by Gasteiger charge is 2.10. The quantitative estimate of drug-likeness (QED) is 0.752. The predicted octanol–water partition coefficient (Wildman–Crippen LogP) is 2.22. The van der Waals surface area contributed by atoms with Crippen LogP contribution in [-0.2, 0) is 22.1 Å². The Morgan fingerprint density at radius 2 is 2.04 bits per heavy atom. The number of hydrogen-bond acceptors (Lipinski definition) is 6. The fourth-order valence-corrected chi connectivity index (χ4v) is 4.19. The number of fused-ring (bicyclic) bond motifs is 1. The smallest absolute Gasteiger partial charge is 0.259 e. The summed E-state index contributed by atoms with van der Waals surface area (Å²) in [5.74, 6) is -0.0323. The zero-order valence-electron chi connectivity index (χ0n) is 13.3. The zero-order chi connectivity index (χ0) is 17.3. The van der Waals surface area contributed by atoms with Crippen molar-refractivity contribution in [2.45, 2.75) is 19.2 Å². The molecule has 0 radical (unpaired) electrons. The molecule has 6 nitrogen and oxygen atoms in total. The first kappa shape index (κ1) is 16.7. The van der Waals surface area contributed by atoms with Crippen molar-refractivity contribution in [3.05, 3.63) is 63.0 Å². The fourth-order valence-electron chi connectivity index (χ4n) is 2.48. The Labute approximate surface area is 143 Å². The van der Waals surface area contributed by atoms with Crippen molar-refractivity contribution in [2.75, 3.05) is 11.6 Å². The van der Waals surface area contributed by atoms with Crippen LogP contribution in [0.4, 0.5) is 5.69 Å². The third-order valence-corrected chi connectivity index (χ3v) is 5.30. The van der Waals surface area contributed by atoms with Crippen LogP contribution in [0.2, 0.25) is 0 Å². The van der Waals surface area contributed by atoms with Crippen LogP contribution < -0.4 is 10.9 Å². The van der Waals surface area contributed by atoms with Crippen LogP contribution >= 0.6 is 11.3 Å². The van der Waals surface area contributed by atoms with Crippen LogP contribution in [0.5, 0.6) is 0 Å². The minimum absolute atomic E-state index is 0.0323. The third kappa shape index (κ3) is 3.65. The van der Waals surface area contributed by atoms with E-state index in [0.717, 1.165) is 11.4 Å². The van der Waals surface area contributed by atoms with Gasteiger partial charge in [-0.25, -0.2) is 13.4 Å². The number of benzene rings is 1. The molecule has 126 valence electrons. The number of aromatic nitrogens is 2. The van der Waals surface area contributed by atoms with Gasteiger partial charge in [-0.3, -0.25) is 9.20 Å². The van der Waals surface area contributed by atoms with Gasteiger partial charge in [0.25, 0.3) is 5.56 Å². The van der Waals surface area contributed by atoms with Gasteiger partial charge >= 0.3 is 0 Å². The Bertz CT molecular complexity index is 1050. The number of anilines is 1. The van der Waals surface area contributed by atoms with Gasteiger partial charge in [0.2, 0.25) is 0 Å². The van der Waals surface area contributed by atoms with Crippen LogP contribution in [-0.4, -0.2) is 24.1 Å². The first-order valence-electron chi connectivity index (χ1n) is 7.30. The van der Waals surface area contributed by atoms with Crippen LogP contribution in [0, 0.1) is 6.92 Å². The van der Waals surface area contributed by atoms with E-state index in [1.807, 2.05) is 24.4 Å². The molecule has 0 unspecified atom stereocenters. The SMILES string of the molecule is Cc1csc2nc(CNc3ccccc3CS(C)(=O)=O)cc(=O)n12. The van der Waals surface area contributed by atoms with Gasteiger partial charge in [-0.15, -0.1) is 11.3 Å². The predicted molar refractivity (Wildman–Crippen MR) is 96.4 cm³/mol. The molecule has 0 fully saturated rings. The van der Waals surface area contributed by atoms with Crippen LogP contribution in [0.3, 0.4) is 0 Å². The molecule has 0 saturated carbocycles. The summed E-state index contributed by atoms with van der Waals surface area (Å²) in [5, 5.41) is 5.07. The lowest BCUT2D eigenvalue weighted by atomic mass is 10.2. The van der Waals surface area contributed by atoms with Crippen molar-refractivity contribution >= 4 is 31.8 Å². The number of para-hydroxylation sites is 1. The highest BCUT2D eigenvalue weighted by molar-refractivity contribution is 7.89.